The molecule has 0 bridgehead atoms. The molecule has 0 aliphatic carbocycles. The highest BCUT2D eigenvalue weighted by atomic mass is 16.5. The van der Waals surface area contributed by atoms with Crippen LogP contribution < -0.4 is 10.1 Å². The zero-order valence-electron chi connectivity index (χ0n) is 17.6. The Kier molecular flexibility index (Phi) is 8.04. The van der Waals surface area contributed by atoms with Crippen molar-refractivity contribution in [1.29, 1.82) is 0 Å². The second-order valence-corrected chi connectivity index (χ2v) is 7.40. The van der Waals surface area contributed by atoms with E-state index in [0.717, 1.165) is 29.7 Å². The van der Waals surface area contributed by atoms with Crippen LogP contribution in [0.2, 0.25) is 0 Å². The number of amides is 1. The molecular weight excluding hydrogens is 374 g/mol. The fourth-order valence-electron chi connectivity index (χ4n) is 3.29. The minimum atomic E-state index is -0.0810. The topological polar surface area (TPSA) is 47.6 Å². The van der Waals surface area contributed by atoms with Crippen LogP contribution in [0.3, 0.4) is 0 Å². The Hall–Kier alpha value is -3.11. The molecule has 4 heteroatoms. The summed E-state index contributed by atoms with van der Waals surface area (Å²) < 4.78 is 11.3. The summed E-state index contributed by atoms with van der Waals surface area (Å²) in [5, 5.41) is 3.09. The summed E-state index contributed by atoms with van der Waals surface area (Å²) in [7, 11) is 1.63. The molecule has 0 aromatic heterocycles. The largest absolute Gasteiger partial charge is 0.496 e. The number of carbonyl (C=O) groups excluding carboxylic acids is 1. The van der Waals surface area contributed by atoms with Gasteiger partial charge >= 0.3 is 0 Å². The Morgan fingerprint density at radius 2 is 1.57 bits per heavy atom. The Labute approximate surface area is 178 Å². The summed E-state index contributed by atoms with van der Waals surface area (Å²) in [5.74, 6) is 0.638. The van der Waals surface area contributed by atoms with Crippen molar-refractivity contribution in [2.24, 2.45) is 0 Å². The lowest BCUT2D eigenvalue weighted by Crippen LogP contribution is -2.33. The van der Waals surface area contributed by atoms with E-state index in [4.69, 9.17) is 9.47 Å². The Morgan fingerprint density at radius 3 is 2.23 bits per heavy atom. The number of aryl methyl sites for hydroxylation is 1. The van der Waals surface area contributed by atoms with Crippen molar-refractivity contribution in [3.8, 4) is 5.75 Å². The van der Waals surface area contributed by atoms with Crippen LogP contribution in [0.4, 0.5) is 0 Å². The zero-order valence-corrected chi connectivity index (χ0v) is 17.6. The van der Waals surface area contributed by atoms with Gasteiger partial charge in [-0.25, -0.2) is 0 Å². The summed E-state index contributed by atoms with van der Waals surface area (Å²) in [6.45, 7) is 2.92. The molecule has 4 nitrogen and oxygen atoms in total. The molecule has 0 aliphatic heterocycles. The minimum Gasteiger partial charge on any atom is -0.496 e. The minimum absolute atomic E-state index is 0.0810. The third-order valence-corrected chi connectivity index (χ3v) is 5.00. The van der Waals surface area contributed by atoms with Crippen molar-refractivity contribution in [1.82, 2.24) is 5.32 Å². The summed E-state index contributed by atoms with van der Waals surface area (Å²) in [6.07, 6.45) is 1.82. The predicted molar refractivity (Wildman–Crippen MR) is 120 cm³/mol. The zero-order chi connectivity index (χ0) is 21.2. The summed E-state index contributed by atoms with van der Waals surface area (Å²) in [6, 6.07) is 25.9. The average Bonchev–Trinajstić information content (AvgIpc) is 2.79. The Bertz CT molecular complexity index is 926. The molecule has 156 valence electrons. The Balaban J connectivity index is 1.56. The molecular formula is C26H29NO3. The molecule has 1 atom stereocenters. The Morgan fingerprint density at radius 1 is 0.900 bits per heavy atom. The van der Waals surface area contributed by atoms with E-state index in [0.29, 0.717) is 18.8 Å². The second kappa shape index (κ2) is 11.2. The number of hydrogen-bond donors (Lipinski definition) is 1. The summed E-state index contributed by atoms with van der Waals surface area (Å²) in [5.41, 5.74) is 3.86. The van der Waals surface area contributed by atoms with Gasteiger partial charge in [0, 0.05) is 17.2 Å². The van der Waals surface area contributed by atoms with Crippen LogP contribution in [-0.2, 0) is 24.4 Å². The van der Waals surface area contributed by atoms with Gasteiger partial charge in [-0.3, -0.25) is 4.79 Å². The third-order valence-electron chi connectivity index (χ3n) is 5.00. The van der Waals surface area contributed by atoms with Crippen LogP contribution in [-0.4, -0.2) is 19.1 Å². The molecule has 30 heavy (non-hydrogen) atoms. The maximum Gasteiger partial charge on any atom is 0.251 e. The fraction of sp³-hybridized carbons (Fsp3) is 0.269. The molecule has 0 heterocycles. The van der Waals surface area contributed by atoms with Gasteiger partial charge in [0.1, 0.15) is 5.75 Å². The van der Waals surface area contributed by atoms with Gasteiger partial charge in [0.2, 0.25) is 0 Å². The molecule has 1 amide bonds. The fourth-order valence-corrected chi connectivity index (χ4v) is 3.29. The highest BCUT2D eigenvalue weighted by Crippen LogP contribution is 2.21. The monoisotopic (exact) mass is 403 g/mol. The van der Waals surface area contributed by atoms with E-state index in [1.165, 1.54) is 5.56 Å². The lowest BCUT2D eigenvalue weighted by molar-refractivity contribution is 0.0936. The predicted octanol–water partition coefficient (Wildman–Crippen LogP) is 5.16. The van der Waals surface area contributed by atoms with Crippen LogP contribution in [0.15, 0.2) is 78.9 Å². The number of rotatable bonds is 10. The van der Waals surface area contributed by atoms with Gasteiger partial charge in [-0.2, -0.15) is 0 Å². The van der Waals surface area contributed by atoms with E-state index >= 15 is 0 Å². The summed E-state index contributed by atoms with van der Waals surface area (Å²) >= 11 is 0. The van der Waals surface area contributed by atoms with Gasteiger partial charge in [0.25, 0.3) is 5.91 Å². The van der Waals surface area contributed by atoms with Gasteiger partial charge in [-0.1, -0.05) is 60.7 Å². The number of benzene rings is 3. The van der Waals surface area contributed by atoms with Gasteiger partial charge < -0.3 is 14.8 Å². The molecule has 0 saturated carbocycles. The van der Waals surface area contributed by atoms with E-state index in [1.54, 1.807) is 13.2 Å². The summed E-state index contributed by atoms with van der Waals surface area (Å²) in [4.78, 5) is 12.7. The number of nitrogens with one attached hydrogen (secondary N) is 1. The van der Waals surface area contributed by atoms with E-state index in [9.17, 15) is 4.79 Å². The molecule has 3 aromatic carbocycles. The van der Waals surface area contributed by atoms with E-state index < -0.39 is 0 Å². The van der Waals surface area contributed by atoms with Gasteiger partial charge in [-0.15, -0.1) is 0 Å². The van der Waals surface area contributed by atoms with Crippen LogP contribution in [0.1, 0.15) is 40.4 Å². The molecule has 0 saturated heterocycles. The molecule has 1 N–H and O–H groups in total. The molecule has 3 aromatic rings. The highest BCUT2D eigenvalue weighted by Gasteiger charge is 2.13. The number of ether oxygens (including phenoxy) is 2. The van der Waals surface area contributed by atoms with Crippen molar-refractivity contribution in [2.45, 2.75) is 39.0 Å². The first-order chi connectivity index (χ1) is 14.7. The van der Waals surface area contributed by atoms with Crippen LogP contribution in [0.25, 0.3) is 0 Å². The normalized spacial score (nSPS) is 11.7. The third kappa shape index (κ3) is 6.46. The van der Waals surface area contributed by atoms with Crippen molar-refractivity contribution < 1.29 is 14.3 Å². The maximum atomic E-state index is 12.7. The van der Waals surface area contributed by atoms with Crippen LogP contribution in [0, 0.1) is 0 Å². The first-order valence-corrected chi connectivity index (χ1v) is 10.3. The SMILES string of the molecule is COc1ccc(C(=O)NC(C)CCc2ccccc2)cc1COCc1ccccc1. The molecule has 3 rings (SSSR count). The molecule has 0 radical (unpaired) electrons. The standard InChI is InChI=1S/C26H29NO3/c1-20(13-14-21-9-5-3-6-10-21)27-26(28)23-15-16-25(29-2)24(17-23)19-30-18-22-11-7-4-8-12-22/h3-12,15-17,20H,13-14,18-19H2,1-2H3,(H,27,28). The highest BCUT2D eigenvalue weighted by molar-refractivity contribution is 5.94. The van der Waals surface area contributed by atoms with E-state index in [1.807, 2.05) is 67.6 Å². The molecule has 0 fully saturated rings. The van der Waals surface area contributed by atoms with Gasteiger partial charge in [0.15, 0.2) is 0 Å². The first-order valence-electron chi connectivity index (χ1n) is 10.3. The van der Waals surface area contributed by atoms with Crippen LogP contribution >= 0.6 is 0 Å². The number of hydrogen-bond acceptors (Lipinski definition) is 3. The van der Waals surface area contributed by atoms with Crippen molar-refractivity contribution in [3.05, 3.63) is 101 Å². The number of methoxy groups -OCH3 is 1. The van der Waals surface area contributed by atoms with Crippen LogP contribution in [0.5, 0.6) is 5.75 Å². The quantitative estimate of drug-likeness (QED) is 0.508. The lowest BCUT2D eigenvalue weighted by Gasteiger charge is -2.15. The average molecular weight is 404 g/mol. The first kappa shape index (κ1) is 21.6. The van der Waals surface area contributed by atoms with Crippen molar-refractivity contribution in [2.75, 3.05) is 7.11 Å². The van der Waals surface area contributed by atoms with E-state index in [2.05, 4.69) is 17.4 Å². The van der Waals surface area contributed by atoms with E-state index in [-0.39, 0.29) is 11.9 Å². The lowest BCUT2D eigenvalue weighted by atomic mass is 10.1. The van der Waals surface area contributed by atoms with Crippen molar-refractivity contribution in [3.63, 3.8) is 0 Å². The molecule has 1 unspecified atom stereocenters. The molecule has 0 spiro atoms. The number of carbonyl (C=O) groups is 1. The van der Waals surface area contributed by atoms with Gasteiger partial charge in [-0.05, 0) is 49.1 Å². The van der Waals surface area contributed by atoms with Crippen molar-refractivity contribution >= 4 is 5.91 Å². The smallest absolute Gasteiger partial charge is 0.251 e. The maximum absolute atomic E-state index is 12.7. The second-order valence-electron chi connectivity index (χ2n) is 7.40. The molecule has 0 aliphatic rings. The van der Waals surface area contributed by atoms with Gasteiger partial charge in [0.05, 0.1) is 20.3 Å².